The summed E-state index contributed by atoms with van der Waals surface area (Å²) in [6.45, 7) is 11.5. The van der Waals surface area contributed by atoms with Gasteiger partial charge in [0.15, 0.2) is 0 Å². The van der Waals surface area contributed by atoms with Gasteiger partial charge in [0.2, 0.25) is 23.6 Å². The third kappa shape index (κ3) is 13.5. The lowest BCUT2D eigenvalue weighted by molar-refractivity contribution is -0.146. The van der Waals surface area contributed by atoms with Gasteiger partial charge in [-0.3, -0.25) is 19.2 Å². The lowest BCUT2D eigenvalue weighted by Gasteiger charge is -2.28. The number of aromatic nitrogens is 1. The highest BCUT2D eigenvalue weighted by atomic mass is 16.5. The molecule has 0 fully saturated rings. The van der Waals surface area contributed by atoms with E-state index in [-0.39, 0.29) is 49.7 Å². The molecular weight excluding hydrogens is 608 g/mol. The van der Waals surface area contributed by atoms with E-state index in [9.17, 15) is 24.0 Å². The number of esters is 1. The summed E-state index contributed by atoms with van der Waals surface area (Å²) in [7, 11) is 1.25. The Hall–Kier alpha value is -4.42. The molecule has 47 heavy (non-hydrogen) atoms. The number of carbonyl (C=O) groups is 5. The minimum Gasteiger partial charge on any atom is -0.494 e. The van der Waals surface area contributed by atoms with Gasteiger partial charge < -0.3 is 35.3 Å². The topological polar surface area (TPSA) is 182 Å². The van der Waals surface area contributed by atoms with Gasteiger partial charge in [0.25, 0.3) is 0 Å². The van der Waals surface area contributed by atoms with Gasteiger partial charge in [-0.15, -0.1) is 0 Å². The Labute approximate surface area is 276 Å². The monoisotopic (exact) mass is 658 g/mol. The first kappa shape index (κ1) is 38.8. The van der Waals surface area contributed by atoms with Crippen molar-refractivity contribution in [1.82, 2.24) is 20.9 Å². The quantitative estimate of drug-likeness (QED) is 0.121. The maximum absolute atomic E-state index is 13.3. The molecular formula is C34H50N4O9. The molecule has 1 heterocycles. The Balaban J connectivity index is 1.93. The summed E-state index contributed by atoms with van der Waals surface area (Å²) in [6, 6.07) is 6.34. The van der Waals surface area contributed by atoms with Crippen LogP contribution in [0.2, 0.25) is 0 Å². The van der Waals surface area contributed by atoms with Crippen LogP contribution in [0.5, 0.6) is 11.6 Å². The molecule has 13 heteroatoms. The van der Waals surface area contributed by atoms with E-state index < -0.39 is 41.9 Å². The van der Waals surface area contributed by atoms with Crippen LogP contribution in [0.15, 0.2) is 30.3 Å². The lowest BCUT2D eigenvalue weighted by Crippen LogP contribution is -2.57. The fourth-order valence-electron chi connectivity index (χ4n) is 4.69. The minimum absolute atomic E-state index is 0.0311. The van der Waals surface area contributed by atoms with E-state index in [4.69, 9.17) is 19.3 Å². The van der Waals surface area contributed by atoms with E-state index in [1.54, 1.807) is 45.9 Å². The van der Waals surface area contributed by atoms with Crippen LogP contribution >= 0.6 is 0 Å². The lowest BCUT2D eigenvalue weighted by atomic mass is 9.98. The largest absolute Gasteiger partial charge is 0.494 e. The van der Waals surface area contributed by atoms with Crippen molar-refractivity contribution >= 4 is 40.6 Å². The van der Waals surface area contributed by atoms with Gasteiger partial charge in [0.1, 0.15) is 23.9 Å². The number of benzene rings is 1. The molecule has 2 rings (SSSR count). The molecule has 1 aromatic heterocycles. The SMILES string of the molecule is COC(=O)[C@@H](NC(=O)[C@H](CC(C)C)NC(=O)[C@@H](NC(=O)CCCOc1ccc2ccc(OCCCC(=O)O)cc2n1)C(C)C)C(C)C. The number of nitrogens with one attached hydrogen (secondary N) is 3. The third-order valence-corrected chi connectivity index (χ3v) is 7.27. The van der Waals surface area contributed by atoms with Crippen molar-refractivity contribution in [1.29, 1.82) is 0 Å². The van der Waals surface area contributed by atoms with E-state index >= 15 is 0 Å². The highest BCUT2D eigenvalue weighted by Crippen LogP contribution is 2.22. The molecule has 13 nitrogen and oxygen atoms in total. The molecule has 2 aromatic rings. The summed E-state index contributed by atoms with van der Waals surface area (Å²) >= 11 is 0. The highest BCUT2D eigenvalue weighted by Gasteiger charge is 2.32. The van der Waals surface area contributed by atoms with Crippen molar-refractivity contribution < 1.29 is 43.3 Å². The van der Waals surface area contributed by atoms with Crippen LogP contribution < -0.4 is 25.4 Å². The Morgan fingerprint density at radius 2 is 1.43 bits per heavy atom. The second-order valence-corrected chi connectivity index (χ2v) is 12.5. The number of hydrogen-bond acceptors (Lipinski definition) is 9. The number of rotatable bonds is 20. The molecule has 260 valence electrons. The molecule has 1 aromatic carbocycles. The van der Waals surface area contributed by atoms with Gasteiger partial charge in [-0.25, -0.2) is 9.78 Å². The number of pyridine rings is 1. The van der Waals surface area contributed by atoms with Crippen molar-refractivity contribution in [2.45, 2.75) is 91.8 Å². The number of fused-ring (bicyclic) bond motifs is 1. The predicted octanol–water partition coefficient (Wildman–Crippen LogP) is 3.62. The Kier molecular flexibility index (Phi) is 15.9. The van der Waals surface area contributed by atoms with Gasteiger partial charge in [-0.2, -0.15) is 0 Å². The van der Waals surface area contributed by atoms with Gasteiger partial charge in [0.05, 0.1) is 25.8 Å². The number of hydrogen-bond donors (Lipinski definition) is 4. The van der Waals surface area contributed by atoms with Crippen LogP contribution in [0.25, 0.3) is 10.9 Å². The fraction of sp³-hybridized carbons (Fsp3) is 0.588. The summed E-state index contributed by atoms with van der Waals surface area (Å²) in [5.74, 6) is -2.23. The zero-order chi connectivity index (χ0) is 35.1. The van der Waals surface area contributed by atoms with Crippen LogP contribution in [-0.4, -0.2) is 78.2 Å². The van der Waals surface area contributed by atoms with Crippen LogP contribution in [-0.2, 0) is 28.7 Å². The van der Waals surface area contributed by atoms with Crippen LogP contribution in [0, 0.1) is 17.8 Å². The number of methoxy groups -OCH3 is 1. The van der Waals surface area contributed by atoms with E-state index in [1.165, 1.54) is 7.11 Å². The van der Waals surface area contributed by atoms with Crippen molar-refractivity contribution in [3.05, 3.63) is 30.3 Å². The maximum atomic E-state index is 13.3. The number of ether oxygens (including phenoxy) is 3. The second-order valence-electron chi connectivity index (χ2n) is 12.5. The molecule has 0 aliphatic rings. The van der Waals surface area contributed by atoms with Gasteiger partial charge >= 0.3 is 11.9 Å². The number of carboxylic acids is 1. The van der Waals surface area contributed by atoms with E-state index in [1.807, 2.05) is 26.0 Å². The average Bonchev–Trinajstić information content (AvgIpc) is 3.01. The zero-order valence-electron chi connectivity index (χ0n) is 28.5. The van der Waals surface area contributed by atoms with Gasteiger partial charge in [-0.1, -0.05) is 41.5 Å². The number of aliphatic carboxylic acids is 1. The predicted molar refractivity (Wildman–Crippen MR) is 176 cm³/mol. The number of carbonyl (C=O) groups excluding carboxylic acids is 4. The molecule has 0 bridgehead atoms. The third-order valence-electron chi connectivity index (χ3n) is 7.27. The van der Waals surface area contributed by atoms with Crippen LogP contribution in [0.4, 0.5) is 0 Å². The zero-order valence-corrected chi connectivity index (χ0v) is 28.5. The Morgan fingerprint density at radius 1 is 0.787 bits per heavy atom. The minimum atomic E-state index is -0.908. The summed E-state index contributed by atoms with van der Waals surface area (Å²) in [5.41, 5.74) is 0.649. The van der Waals surface area contributed by atoms with Crippen molar-refractivity contribution in [3.8, 4) is 11.6 Å². The molecule has 3 atom stereocenters. The molecule has 4 N–H and O–H groups in total. The molecule has 0 saturated heterocycles. The van der Waals surface area contributed by atoms with Crippen LogP contribution in [0.3, 0.4) is 0 Å². The molecule has 0 aliphatic carbocycles. The van der Waals surface area contributed by atoms with Crippen molar-refractivity contribution in [2.75, 3.05) is 20.3 Å². The molecule has 0 unspecified atom stereocenters. The van der Waals surface area contributed by atoms with E-state index in [2.05, 4.69) is 20.9 Å². The van der Waals surface area contributed by atoms with E-state index in [0.29, 0.717) is 36.4 Å². The van der Waals surface area contributed by atoms with Crippen molar-refractivity contribution in [3.63, 3.8) is 0 Å². The Morgan fingerprint density at radius 3 is 2.04 bits per heavy atom. The summed E-state index contributed by atoms with van der Waals surface area (Å²) in [5, 5.41) is 17.9. The number of amides is 3. The second kappa shape index (κ2) is 19.3. The first-order valence-corrected chi connectivity index (χ1v) is 16.1. The van der Waals surface area contributed by atoms with E-state index in [0.717, 1.165) is 5.39 Å². The Bertz CT molecular complexity index is 1360. The highest BCUT2D eigenvalue weighted by molar-refractivity contribution is 5.93. The molecule has 3 amide bonds. The van der Waals surface area contributed by atoms with Gasteiger partial charge in [0, 0.05) is 30.4 Å². The summed E-state index contributed by atoms with van der Waals surface area (Å²) in [4.78, 5) is 66.6. The maximum Gasteiger partial charge on any atom is 0.328 e. The number of carboxylic acid groups (broad SMARTS) is 1. The summed E-state index contributed by atoms with van der Waals surface area (Å²) in [6.07, 6.45) is 1.23. The van der Waals surface area contributed by atoms with Crippen molar-refractivity contribution in [2.24, 2.45) is 17.8 Å². The fourth-order valence-corrected chi connectivity index (χ4v) is 4.69. The first-order valence-electron chi connectivity index (χ1n) is 16.1. The summed E-state index contributed by atoms with van der Waals surface area (Å²) < 4.78 is 16.2. The van der Waals surface area contributed by atoms with Crippen LogP contribution in [0.1, 0.15) is 73.6 Å². The molecule has 0 radical (unpaired) electrons. The molecule has 0 aliphatic heterocycles. The number of nitrogens with zero attached hydrogens (tertiary/aromatic N) is 1. The molecule has 0 saturated carbocycles. The first-order chi connectivity index (χ1) is 22.2. The van der Waals surface area contributed by atoms with Gasteiger partial charge in [-0.05, 0) is 55.2 Å². The molecule has 0 spiro atoms. The average molecular weight is 659 g/mol. The normalized spacial score (nSPS) is 13.1. The standard InChI is InChI=1S/C34H50N4O9/c1-20(2)18-26(32(42)38-31(22(5)6)34(44)45-7)36-33(43)30(21(3)4)37-27(39)10-8-17-47-28-15-13-23-12-14-24(19-25(23)35-28)46-16-9-11-29(40)41/h12-15,19-22,26,30-31H,8-11,16-18H2,1-7H3,(H,36,43)(H,37,39)(H,38,42)(H,40,41)/t26-,30-,31-/m0/s1. The smallest absolute Gasteiger partial charge is 0.328 e.